The molecule has 0 bridgehead atoms. The van der Waals surface area contributed by atoms with Gasteiger partial charge in [0.15, 0.2) is 0 Å². The van der Waals surface area contributed by atoms with Crippen molar-refractivity contribution < 1.29 is 14.0 Å². The Morgan fingerprint density at radius 2 is 1.76 bits per heavy atom. The molecule has 4 N–H and O–H groups in total. The zero-order valence-electron chi connectivity index (χ0n) is 9.63. The average Bonchev–Trinajstić information content (AvgIpc) is 2.31. The Bertz CT molecular complexity index is 437. The van der Waals surface area contributed by atoms with Gasteiger partial charge in [0.25, 0.3) is 0 Å². The third-order valence-electron chi connectivity index (χ3n) is 2.29. The smallest absolute Gasteiger partial charge is 0.323 e. The predicted octanol–water partition coefficient (Wildman–Crippen LogP) is 0.0486. The molecule has 1 rings (SSSR count). The first-order valence-corrected chi connectivity index (χ1v) is 5.00. The molecule has 0 radical (unpaired) electrons. The van der Waals surface area contributed by atoms with Crippen molar-refractivity contribution in [2.24, 2.45) is 5.84 Å². The lowest BCUT2D eigenvalue weighted by molar-refractivity contribution is -0.139. The van der Waals surface area contributed by atoms with Crippen LogP contribution in [-0.2, 0) is 16.1 Å². The largest absolute Gasteiger partial charge is 0.344 e. The van der Waals surface area contributed by atoms with Gasteiger partial charge in [0.2, 0.25) is 0 Å². The molecule has 0 heterocycles. The molecule has 6 heteroatoms. The summed E-state index contributed by atoms with van der Waals surface area (Å²) in [7, 11) is 0. The van der Waals surface area contributed by atoms with Crippen molar-refractivity contribution in [1.82, 2.24) is 10.7 Å². The van der Waals surface area contributed by atoms with Crippen molar-refractivity contribution in [3.05, 3.63) is 34.6 Å². The molecule has 5 nitrogen and oxygen atoms in total. The summed E-state index contributed by atoms with van der Waals surface area (Å²) >= 11 is 0. The van der Waals surface area contributed by atoms with E-state index in [1.807, 2.05) is 0 Å². The van der Waals surface area contributed by atoms with Crippen LogP contribution in [0.3, 0.4) is 0 Å². The number of nitrogens with two attached hydrogens (primary N) is 1. The molecular formula is C11H14FN3O2. The number of carbonyl (C=O) groups is 2. The molecular weight excluding hydrogens is 225 g/mol. The van der Waals surface area contributed by atoms with Gasteiger partial charge in [0.1, 0.15) is 5.82 Å². The zero-order valence-corrected chi connectivity index (χ0v) is 9.63. The predicted molar refractivity (Wildman–Crippen MR) is 60.1 cm³/mol. The molecule has 17 heavy (non-hydrogen) atoms. The highest BCUT2D eigenvalue weighted by Gasteiger charge is 2.11. The number of amides is 2. The van der Waals surface area contributed by atoms with Crippen molar-refractivity contribution >= 4 is 11.8 Å². The van der Waals surface area contributed by atoms with E-state index in [0.717, 1.165) is 5.56 Å². The summed E-state index contributed by atoms with van der Waals surface area (Å²) in [5.41, 5.74) is 3.44. The van der Waals surface area contributed by atoms with E-state index >= 15 is 0 Å². The standard InChI is InChI=1S/C11H14FN3O2/c1-6-3-8(4-7(2)9(6)12)5-14-10(16)11(17)15-13/h3-4H,5,13H2,1-2H3,(H,14,16)(H,15,17). The number of carbonyl (C=O) groups excluding carboxylic acids is 2. The number of hydrogen-bond acceptors (Lipinski definition) is 3. The van der Waals surface area contributed by atoms with Gasteiger partial charge >= 0.3 is 11.8 Å². The lowest BCUT2D eigenvalue weighted by Crippen LogP contribution is -2.42. The maximum Gasteiger partial charge on any atom is 0.323 e. The third-order valence-corrected chi connectivity index (χ3v) is 2.29. The van der Waals surface area contributed by atoms with Gasteiger partial charge in [-0.2, -0.15) is 0 Å². The van der Waals surface area contributed by atoms with E-state index in [0.29, 0.717) is 11.1 Å². The quantitative estimate of drug-likeness (QED) is 0.295. The van der Waals surface area contributed by atoms with Crippen LogP contribution in [-0.4, -0.2) is 11.8 Å². The normalized spacial score (nSPS) is 9.88. The first-order chi connectivity index (χ1) is 7.95. The number of aryl methyl sites for hydroxylation is 2. The molecule has 0 fully saturated rings. The maximum absolute atomic E-state index is 13.3. The highest BCUT2D eigenvalue weighted by Crippen LogP contribution is 2.14. The van der Waals surface area contributed by atoms with Crippen LogP contribution in [0.2, 0.25) is 0 Å². The highest BCUT2D eigenvalue weighted by atomic mass is 19.1. The molecule has 1 aromatic carbocycles. The fourth-order valence-electron chi connectivity index (χ4n) is 1.47. The number of benzene rings is 1. The fraction of sp³-hybridized carbons (Fsp3) is 0.273. The molecule has 1 aromatic rings. The van der Waals surface area contributed by atoms with E-state index < -0.39 is 11.8 Å². The minimum atomic E-state index is -0.916. The Kier molecular flexibility index (Phi) is 4.17. The summed E-state index contributed by atoms with van der Waals surface area (Å²) in [6, 6.07) is 3.23. The van der Waals surface area contributed by atoms with Gasteiger partial charge in [-0.1, -0.05) is 12.1 Å². The summed E-state index contributed by atoms with van der Waals surface area (Å²) < 4.78 is 13.3. The maximum atomic E-state index is 13.3. The van der Waals surface area contributed by atoms with Crippen LogP contribution in [0, 0.1) is 19.7 Å². The molecule has 0 aliphatic rings. The Balaban J connectivity index is 2.71. The van der Waals surface area contributed by atoms with Crippen molar-refractivity contribution in [1.29, 1.82) is 0 Å². The van der Waals surface area contributed by atoms with E-state index in [1.54, 1.807) is 31.4 Å². The van der Waals surface area contributed by atoms with Crippen molar-refractivity contribution in [2.45, 2.75) is 20.4 Å². The van der Waals surface area contributed by atoms with E-state index in [4.69, 9.17) is 5.84 Å². The summed E-state index contributed by atoms with van der Waals surface area (Å²) in [5.74, 6) is 2.79. The number of rotatable bonds is 2. The number of halogens is 1. The number of hydrogen-bond donors (Lipinski definition) is 3. The second-order valence-electron chi connectivity index (χ2n) is 3.70. The van der Waals surface area contributed by atoms with Gasteiger partial charge in [-0.25, -0.2) is 10.2 Å². The lowest BCUT2D eigenvalue weighted by atomic mass is 10.1. The molecule has 0 unspecified atom stereocenters. The monoisotopic (exact) mass is 239 g/mol. The van der Waals surface area contributed by atoms with Crippen molar-refractivity contribution in [3.8, 4) is 0 Å². The molecule has 0 aliphatic carbocycles. The Labute approximate surface area is 98.2 Å². The summed E-state index contributed by atoms with van der Waals surface area (Å²) in [5, 5.41) is 2.37. The molecule has 0 spiro atoms. The van der Waals surface area contributed by atoms with Gasteiger partial charge < -0.3 is 5.32 Å². The second-order valence-corrected chi connectivity index (χ2v) is 3.70. The van der Waals surface area contributed by atoms with E-state index in [-0.39, 0.29) is 12.4 Å². The molecule has 0 atom stereocenters. The SMILES string of the molecule is Cc1cc(CNC(=O)C(=O)NN)cc(C)c1F. The molecule has 0 saturated carbocycles. The Hall–Kier alpha value is -1.95. The van der Waals surface area contributed by atoms with Crippen LogP contribution in [0.1, 0.15) is 16.7 Å². The van der Waals surface area contributed by atoms with Crippen LogP contribution in [0.4, 0.5) is 4.39 Å². The van der Waals surface area contributed by atoms with Crippen LogP contribution in [0.5, 0.6) is 0 Å². The van der Waals surface area contributed by atoms with Crippen molar-refractivity contribution in [2.75, 3.05) is 0 Å². The number of nitrogens with one attached hydrogen (secondary N) is 2. The van der Waals surface area contributed by atoms with Gasteiger partial charge in [-0.3, -0.25) is 15.0 Å². The lowest BCUT2D eigenvalue weighted by Gasteiger charge is -2.07. The van der Waals surface area contributed by atoms with Gasteiger partial charge in [-0.15, -0.1) is 0 Å². The molecule has 0 aromatic heterocycles. The zero-order chi connectivity index (χ0) is 13.0. The average molecular weight is 239 g/mol. The van der Waals surface area contributed by atoms with E-state index in [9.17, 15) is 14.0 Å². The van der Waals surface area contributed by atoms with Gasteiger partial charge in [0.05, 0.1) is 0 Å². The molecule has 0 aliphatic heterocycles. The van der Waals surface area contributed by atoms with E-state index in [1.165, 1.54) is 0 Å². The Morgan fingerprint density at radius 1 is 1.24 bits per heavy atom. The molecule has 2 amide bonds. The van der Waals surface area contributed by atoms with Crippen LogP contribution in [0.25, 0.3) is 0 Å². The fourth-order valence-corrected chi connectivity index (χ4v) is 1.47. The van der Waals surface area contributed by atoms with Gasteiger partial charge in [-0.05, 0) is 30.5 Å². The minimum absolute atomic E-state index is 0.147. The van der Waals surface area contributed by atoms with Crippen LogP contribution < -0.4 is 16.6 Å². The summed E-state index contributed by atoms with van der Waals surface area (Å²) in [6.07, 6.45) is 0. The minimum Gasteiger partial charge on any atom is -0.344 e. The van der Waals surface area contributed by atoms with Gasteiger partial charge in [0, 0.05) is 6.54 Å². The second kappa shape index (κ2) is 5.40. The summed E-state index contributed by atoms with van der Waals surface area (Å²) in [4.78, 5) is 21.9. The number of hydrazine groups is 1. The third kappa shape index (κ3) is 3.25. The first kappa shape index (κ1) is 13.1. The van der Waals surface area contributed by atoms with Crippen molar-refractivity contribution in [3.63, 3.8) is 0 Å². The topological polar surface area (TPSA) is 84.2 Å². The van der Waals surface area contributed by atoms with E-state index in [2.05, 4.69) is 5.32 Å². The highest BCUT2D eigenvalue weighted by molar-refractivity contribution is 6.34. The van der Waals surface area contributed by atoms with Crippen LogP contribution in [0.15, 0.2) is 12.1 Å². The van der Waals surface area contributed by atoms with Crippen LogP contribution >= 0.6 is 0 Å². The molecule has 0 saturated heterocycles. The Morgan fingerprint density at radius 3 is 2.24 bits per heavy atom. The first-order valence-electron chi connectivity index (χ1n) is 5.00. The molecule has 92 valence electrons. The summed E-state index contributed by atoms with van der Waals surface area (Å²) in [6.45, 7) is 3.43.